The van der Waals surface area contributed by atoms with Crippen molar-refractivity contribution in [1.29, 1.82) is 0 Å². The van der Waals surface area contributed by atoms with Crippen molar-refractivity contribution in [2.75, 3.05) is 0 Å². The van der Waals surface area contributed by atoms with Crippen LogP contribution in [0.15, 0.2) is 10.4 Å². The number of amides is 1. The monoisotopic (exact) mass is 227 g/mol. The first-order valence-electron chi connectivity index (χ1n) is 4.14. The first kappa shape index (κ1) is 11.6. The highest BCUT2D eigenvalue weighted by atomic mass is 16.4. The van der Waals surface area contributed by atoms with Gasteiger partial charge in [-0.15, -0.1) is 0 Å². The molecule has 0 radical (unpaired) electrons. The Balaban J connectivity index is 3.06. The third-order valence-electron chi connectivity index (χ3n) is 1.62. The number of hydrogen-bond donors (Lipinski definition) is 2. The molecule has 0 aromatic carbocycles. The Hall–Kier alpha value is -2.45. The van der Waals surface area contributed by atoms with Gasteiger partial charge in [-0.3, -0.25) is 4.79 Å². The van der Waals surface area contributed by atoms with Crippen molar-refractivity contribution in [2.24, 2.45) is 5.73 Å². The zero-order valence-corrected chi connectivity index (χ0v) is 8.32. The van der Waals surface area contributed by atoms with Gasteiger partial charge < -0.3 is 10.8 Å². The molecule has 86 valence electrons. The quantitative estimate of drug-likeness (QED) is 0.564. The Morgan fingerprint density at radius 3 is 2.62 bits per heavy atom. The van der Waals surface area contributed by atoms with E-state index in [2.05, 4.69) is 10.4 Å². The first-order valence-corrected chi connectivity index (χ1v) is 4.14. The minimum atomic E-state index is -1.18. The van der Waals surface area contributed by atoms with Crippen molar-refractivity contribution in [2.45, 2.75) is 13.5 Å². The van der Waals surface area contributed by atoms with Crippen molar-refractivity contribution in [3.63, 3.8) is 0 Å². The van der Waals surface area contributed by atoms with Gasteiger partial charge in [-0.05, 0) is 17.4 Å². The molecule has 9 heteroatoms. The number of tetrazole rings is 1. The summed E-state index contributed by atoms with van der Waals surface area (Å²) in [7, 11) is 0. The molecular formula is C7H9N5O4. The number of carboxylic acid groups (broad SMARTS) is 1. The summed E-state index contributed by atoms with van der Waals surface area (Å²) in [5.74, 6) is -1.93. The van der Waals surface area contributed by atoms with E-state index in [0.717, 1.165) is 10.9 Å². The molecule has 0 unspecified atom stereocenters. The van der Waals surface area contributed by atoms with E-state index in [1.54, 1.807) is 0 Å². The maximum Gasteiger partial charge on any atom is 0.368 e. The first-order chi connectivity index (χ1) is 7.41. The smallest absolute Gasteiger partial charge is 0.368 e. The highest BCUT2D eigenvalue weighted by molar-refractivity contribution is 5.89. The molecule has 1 aromatic rings. The van der Waals surface area contributed by atoms with Gasteiger partial charge >= 0.3 is 11.7 Å². The molecular weight excluding hydrogens is 218 g/mol. The van der Waals surface area contributed by atoms with E-state index in [0.29, 0.717) is 4.68 Å². The van der Waals surface area contributed by atoms with Crippen LogP contribution in [0.1, 0.15) is 6.92 Å². The molecule has 1 amide bonds. The Morgan fingerprint density at radius 2 is 2.12 bits per heavy atom. The predicted molar refractivity (Wildman–Crippen MR) is 51.1 cm³/mol. The lowest BCUT2D eigenvalue weighted by atomic mass is 10.3. The van der Waals surface area contributed by atoms with Gasteiger partial charge in [-0.2, -0.15) is 9.36 Å². The van der Waals surface area contributed by atoms with Crippen molar-refractivity contribution in [3.8, 4) is 0 Å². The standard InChI is InChI=1S/C7H9N5O4/c1-4(6(14)15)2-11-7(16)12(10-9-11)3-5(8)13/h2H,3H2,1H3,(H2,8,13)(H,14,15). The average molecular weight is 227 g/mol. The molecule has 0 aliphatic heterocycles. The molecule has 0 atom stereocenters. The number of hydrogen-bond acceptors (Lipinski definition) is 5. The molecule has 16 heavy (non-hydrogen) atoms. The summed E-state index contributed by atoms with van der Waals surface area (Å²) in [6.45, 7) is 0.890. The maximum atomic E-state index is 11.4. The van der Waals surface area contributed by atoms with Crippen molar-refractivity contribution in [3.05, 3.63) is 16.1 Å². The molecule has 0 bridgehead atoms. The average Bonchev–Trinajstić information content (AvgIpc) is 2.49. The minimum Gasteiger partial charge on any atom is -0.478 e. The number of nitrogens with two attached hydrogens (primary N) is 1. The number of carbonyl (C=O) groups excluding carboxylic acids is 1. The number of rotatable bonds is 4. The minimum absolute atomic E-state index is 0.0896. The summed E-state index contributed by atoms with van der Waals surface area (Å²) >= 11 is 0. The molecule has 0 saturated heterocycles. The van der Waals surface area contributed by atoms with Gasteiger partial charge in [0.25, 0.3) is 0 Å². The number of nitrogens with zero attached hydrogens (tertiary/aromatic N) is 4. The van der Waals surface area contributed by atoms with Crippen LogP contribution in [0.2, 0.25) is 0 Å². The van der Waals surface area contributed by atoms with Crippen LogP contribution in [0, 0.1) is 0 Å². The Morgan fingerprint density at radius 1 is 1.50 bits per heavy atom. The molecule has 0 aliphatic carbocycles. The molecule has 0 saturated carbocycles. The Bertz CT molecular complexity index is 511. The molecule has 0 spiro atoms. The Kier molecular flexibility index (Phi) is 3.18. The van der Waals surface area contributed by atoms with Gasteiger partial charge in [0.15, 0.2) is 0 Å². The molecule has 3 N–H and O–H groups in total. The fourth-order valence-electron chi connectivity index (χ4n) is 0.853. The van der Waals surface area contributed by atoms with Gasteiger partial charge in [-0.25, -0.2) is 9.59 Å². The van der Waals surface area contributed by atoms with E-state index >= 15 is 0 Å². The van der Waals surface area contributed by atoms with Crippen molar-refractivity contribution in [1.82, 2.24) is 19.8 Å². The van der Waals surface area contributed by atoms with Gasteiger partial charge in [0.2, 0.25) is 5.91 Å². The van der Waals surface area contributed by atoms with Crippen LogP contribution in [0.4, 0.5) is 0 Å². The lowest BCUT2D eigenvalue weighted by Crippen LogP contribution is -2.29. The normalized spacial score (nSPS) is 11.4. The topological polar surface area (TPSA) is 133 Å². The van der Waals surface area contributed by atoms with Crippen LogP contribution in [-0.2, 0) is 16.1 Å². The van der Waals surface area contributed by atoms with E-state index < -0.39 is 24.1 Å². The van der Waals surface area contributed by atoms with Crippen LogP contribution < -0.4 is 11.4 Å². The summed E-state index contributed by atoms with van der Waals surface area (Å²) in [5.41, 5.74) is 4.04. The third kappa shape index (κ3) is 2.53. The second-order valence-electron chi connectivity index (χ2n) is 2.95. The molecule has 9 nitrogen and oxygen atoms in total. The summed E-state index contributed by atoms with van der Waals surface area (Å²) in [6.07, 6.45) is 0.995. The number of aromatic nitrogens is 4. The third-order valence-corrected chi connectivity index (χ3v) is 1.62. The van der Waals surface area contributed by atoms with Crippen LogP contribution in [0.25, 0.3) is 6.20 Å². The number of carboxylic acids is 1. The second-order valence-corrected chi connectivity index (χ2v) is 2.95. The van der Waals surface area contributed by atoms with Gasteiger partial charge in [0.1, 0.15) is 6.54 Å². The molecule has 0 fully saturated rings. The maximum absolute atomic E-state index is 11.4. The number of primary amides is 1. The van der Waals surface area contributed by atoms with Crippen LogP contribution in [-0.4, -0.2) is 36.8 Å². The molecule has 0 aliphatic rings. The Labute approximate surface area is 88.7 Å². The fraction of sp³-hybridized carbons (Fsp3) is 0.286. The molecule has 1 heterocycles. The van der Waals surface area contributed by atoms with E-state index in [-0.39, 0.29) is 5.57 Å². The zero-order valence-electron chi connectivity index (χ0n) is 8.32. The van der Waals surface area contributed by atoms with Gasteiger partial charge in [-0.1, -0.05) is 0 Å². The van der Waals surface area contributed by atoms with E-state index in [1.807, 2.05) is 0 Å². The number of aliphatic carboxylic acids is 1. The highest BCUT2D eigenvalue weighted by Gasteiger charge is 2.08. The summed E-state index contributed by atoms with van der Waals surface area (Å²) in [5, 5.41) is 15.3. The molecule has 1 aromatic heterocycles. The van der Waals surface area contributed by atoms with Crippen LogP contribution >= 0.6 is 0 Å². The van der Waals surface area contributed by atoms with Crippen molar-refractivity contribution >= 4 is 18.1 Å². The van der Waals surface area contributed by atoms with E-state index in [1.165, 1.54) is 6.92 Å². The lowest BCUT2D eigenvalue weighted by molar-refractivity contribution is -0.132. The lowest BCUT2D eigenvalue weighted by Gasteiger charge is -1.92. The van der Waals surface area contributed by atoms with Crippen molar-refractivity contribution < 1.29 is 14.7 Å². The largest absolute Gasteiger partial charge is 0.478 e. The van der Waals surface area contributed by atoms with E-state index in [4.69, 9.17) is 10.8 Å². The summed E-state index contributed by atoms with van der Waals surface area (Å²) < 4.78 is 1.44. The number of carbonyl (C=O) groups is 2. The van der Waals surface area contributed by atoms with Crippen LogP contribution in [0.3, 0.4) is 0 Å². The summed E-state index contributed by atoms with van der Waals surface area (Å²) in [4.78, 5) is 32.4. The van der Waals surface area contributed by atoms with Gasteiger partial charge in [0.05, 0.1) is 5.57 Å². The highest BCUT2D eigenvalue weighted by Crippen LogP contribution is 1.92. The second kappa shape index (κ2) is 4.38. The van der Waals surface area contributed by atoms with E-state index in [9.17, 15) is 14.4 Å². The predicted octanol–water partition coefficient (Wildman–Crippen LogP) is -2.13. The molecule has 1 rings (SSSR count). The van der Waals surface area contributed by atoms with Gasteiger partial charge in [0, 0.05) is 6.20 Å². The summed E-state index contributed by atoms with van der Waals surface area (Å²) in [6, 6.07) is 0. The van der Waals surface area contributed by atoms with Crippen LogP contribution in [0.5, 0.6) is 0 Å². The fourth-order valence-corrected chi connectivity index (χ4v) is 0.853. The zero-order chi connectivity index (χ0) is 12.3. The SMILES string of the molecule is CC(=Cn1nnn(CC(N)=O)c1=O)C(=O)O.